The Morgan fingerprint density at radius 1 is 1.00 bits per heavy atom. The Kier molecular flexibility index (Phi) is 11.4. The molecule has 0 spiro atoms. The van der Waals surface area contributed by atoms with E-state index >= 15 is 0 Å². The van der Waals surface area contributed by atoms with Crippen LogP contribution in [0.2, 0.25) is 0 Å². The van der Waals surface area contributed by atoms with Crippen LogP contribution in [0.1, 0.15) is 12.8 Å². The summed E-state index contributed by atoms with van der Waals surface area (Å²) < 4.78 is 0. The third kappa shape index (κ3) is 12.9. The molecule has 2 radical (unpaired) electrons. The van der Waals surface area contributed by atoms with Crippen LogP contribution in [0.25, 0.3) is 0 Å². The number of thioether (sulfide) groups is 1. The van der Waals surface area contributed by atoms with Crippen molar-refractivity contribution in [1.29, 1.82) is 0 Å². The summed E-state index contributed by atoms with van der Waals surface area (Å²) in [6, 6.07) is 0. The van der Waals surface area contributed by atoms with Crippen molar-refractivity contribution in [3.05, 3.63) is 0 Å². The number of carbonyl (C=O) groups is 2. The van der Waals surface area contributed by atoms with Gasteiger partial charge in [-0.05, 0) is 0 Å². The van der Waals surface area contributed by atoms with E-state index in [0.717, 1.165) is 0 Å². The molecule has 12 heavy (non-hydrogen) atoms. The third-order valence-electron chi connectivity index (χ3n) is 0.921. The summed E-state index contributed by atoms with van der Waals surface area (Å²) in [5.41, 5.74) is 0. The average Bonchev–Trinajstić information content (AvgIpc) is 1.85. The van der Waals surface area contributed by atoms with Crippen LogP contribution in [0, 0.1) is 0 Å². The van der Waals surface area contributed by atoms with Gasteiger partial charge in [-0.15, -0.1) is 0 Å². The normalized spacial score (nSPS) is 8.67. The van der Waals surface area contributed by atoms with Crippen molar-refractivity contribution >= 4 is 51.0 Å². The molecule has 0 aliphatic rings. The van der Waals surface area contributed by atoms with Gasteiger partial charge in [-0.2, -0.15) is 11.8 Å². The molecule has 0 saturated heterocycles. The fourth-order valence-electron chi connectivity index (χ4n) is 0.421. The van der Waals surface area contributed by atoms with Crippen molar-refractivity contribution in [2.75, 3.05) is 11.5 Å². The Morgan fingerprint density at radius 2 is 1.33 bits per heavy atom. The maximum absolute atomic E-state index is 9.97. The first-order chi connectivity index (χ1) is 5.13. The van der Waals surface area contributed by atoms with E-state index in [2.05, 4.69) is 0 Å². The van der Waals surface area contributed by atoms with Gasteiger partial charge in [0.2, 0.25) is 0 Å². The van der Waals surface area contributed by atoms with E-state index in [4.69, 9.17) is 10.2 Å². The van der Waals surface area contributed by atoms with Crippen LogP contribution in [0.15, 0.2) is 0 Å². The van der Waals surface area contributed by atoms with Gasteiger partial charge < -0.3 is 10.2 Å². The molecule has 0 atom stereocenters. The van der Waals surface area contributed by atoms with Crippen LogP contribution in [0.4, 0.5) is 0 Å². The summed E-state index contributed by atoms with van der Waals surface area (Å²) in [7, 11) is 0. The molecular weight excluding hydrogens is 375 g/mol. The Labute approximate surface area is 94.9 Å². The number of rotatable bonds is 6. The molecule has 0 aromatic carbocycles. The quantitative estimate of drug-likeness (QED) is 0.486. The van der Waals surface area contributed by atoms with Gasteiger partial charge in [-0.1, -0.05) is 0 Å². The van der Waals surface area contributed by atoms with Gasteiger partial charge in [0.25, 0.3) is 0 Å². The summed E-state index contributed by atoms with van der Waals surface area (Å²) in [5.74, 6) is -0.703. The van der Waals surface area contributed by atoms with E-state index in [-0.39, 0.29) is 40.1 Å². The molecule has 0 fully saturated rings. The van der Waals surface area contributed by atoms with Crippen LogP contribution in [-0.4, -0.2) is 61.0 Å². The van der Waals surface area contributed by atoms with Crippen molar-refractivity contribution in [3.8, 4) is 0 Å². The molecule has 0 heterocycles. The Morgan fingerprint density at radius 3 is 1.58 bits per heavy atom. The van der Waals surface area contributed by atoms with Gasteiger partial charge in [0.1, 0.15) is 0 Å². The van der Waals surface area contributed by atoms with Gasteiger partial charge in [-0.3, -0.25) is 9.59 Å². The molecule has 0 saturated carbocycles. The summed E-state index contributed by atoms with van der Waals surface area (Å²) in [6.45, 7) is 0. The SMILES string of the molecule is O=C(O)CCSCCC(=O)O.[PbH2]. The Hall–Kier alpha value is 0.212. The first kappa shape index (κ1) is 14.7. The number of carboxylic acids is 2. The monoisotopic (exact) mass is 388 g/mol. The van der Waals surface area contributed by atoms with E-state index in [1.54, 1.807) is 0 Å². The molecule has 2 N–H and O–H groups in total. The van der Waals surface area contributed by atoms with Crippen LogP contribution < -0.4 is 0 Å². The first-order valence-corrected chi connectivity index (χ1v) is 4.29. The average molecular weight is 387 g/mol. The van der Waals surface area contributed by atoms with Gasteiger partial charge in [0.15, 0.2) is 0 Å². The van der Waals surface area contributed by atoms with Crippen LogP contribution in [-0.2, 0) is 9.59 Å². The fraction of sp³-hybridized carbons (Fsp3) is 0.667. The predicted molar refractivity (Wildman–Crippen MR) is 50.4 cm³/mol. The van der Waals surface area contributed by atoms with E-state index in [0.29, 0.717) is 11.5 Å². The number of carboxylic acid groups (broad SMARTS) is 2. The molecule has 0 aliphatic heterocycles. The Bertz CT molecular complexity index is 134. The standard InChI is InChI=1S/C6H10O4S.Pb.2H/c7-5(8)1-3-11-4-2-6(9)10;;;/h1-4H2,(H,7,8)(H,9,10);;;. The number of aliphatic carboxylic acids is 2. The second-order valence-electron chi connectivity index (χ2n) is 1.90. The summed E-state index contributed by atoms with van der Waals surface area (Å²) >= 11 is 1.35. The topological polar surface area (TPSA) is 74.6 Å². The van der Waals surface area contributed by atoms with Crippen molar-refractivity contribution in [1.82, 2.24) is 0 Å². The van der Waals surface area contributed by atoms with Crippen molar-refractivity contribution in [2.45, 2.75) is 12.8 Å². The first-order valence-electron chi connectivity index (χ1n) is 3.14. The van der Waals surface area contributed by atoms with E-state index < -0.39 is 11.9 Å². The summed E-state index contributed by atoms with van der Waals surface area (Å²) in [4.78, 5) is 19.9. The molecule has 0 amide bonds. The van der Waals surface area contributed by atoms with Crippen LogP contribution in [0.5, 0.6) is 0 Å². The minimum absolute atomic E-state index is 0. The van der Waals surface area contributed by atoms with E-state index in [9.17, 15) is 9.59 Å². The zero-order valence-electron chi connectivity index (χ0n) is 6.65. The van der Waals surface area contributed by atoms with Gasteiger partial charge >= 0.3 is 39.2 Å². The van der Waals surface area contributed by atoms with Gasteiger partial charge in [0, 0.05) is 11.5 Å². The van der Waals surface area contributed by atoms with Crippen LogP contribution >= 0.6 is 11.8 Å². The molecule has 4 nitrogen and oxygen atoms in total. The van der Waals surface area contributed by atoms with Crippen molar-refractivity contribution in [2.24, 2.45) is 0 Å². The minimum atomic E-state index is -0.840. The molecule has 0 rings (SSSR count). The molecule has 0 aliphatic carbocycles. The number of hydrogen-bond donors (Lipinski definition) is 2. The molecule has 0 unspecified atom stereocenters. The zero-order valence-corrected chi connectivity index (χ0v) is 13.0. The summed E-state index contributed by atoms with van der Waals surface area (Å²) in [6.07, 6.45) is 0.203. The van der Waals surface area contributed by atoms with Gasteiger partial charge in [0.05, 0.1) is 12.8 Å². The molecule has 70 valence electrons. The van der Waals surface area contributed by atoms with E-state index in [1.807, 2.05) is 0 Å². The second kappa shape index (κ2) is 9.30. The third-order valence-corrected chi connectivity index (χ3v) is 1.91. The van der Waals surface area contributed by atoms with Gasteiger partial charge in [-0.25, -0.2) is 0 Å². The zero-order chi connectivity index (χ0) is 8.69. The Balaban J connectivity index is 0. The van der Waals surface area contributed by atoms with E-state index in [1.165, 1.54) is 11.8 Å². The maximum atomic E-state index is 9.97. The molecule has 0 bridgehead atoms. The molecular formula is C6H12O4PbS. The van der Waals surface area contributed by atoms with Crippen molar-refractivity contribution < 1.29 is 19.8 Å². The van der Waals surface area contributed by atoms with Crippen LogP contribution in [0.3, 0.4) is 0 Å². The second-order valence-corrected chi connectivity index (χ2v) is 3.12. The molecule has 0 aromatic heterocycles. The van der Waals surface area contributed by atoms with Crippen molar-refractivity contribution in [3.63, 3.8) is 0 Å². The molecule has 6 heteroatoms. The number of hydrogen-bond acceptors (Lipinski definition) is 3. The predicted octanol–water partition coefficient (Wildman–Crippen LogP) is -0.247. The fourth-order valence-corrected chi connectivity index (χ4v) is 1.26. The summed E-state index contributed by atoms with van der Waals surface area (Å²) in [5, 5.41) is 16.4. The molecule has 0 aromatic rings.